The lowest BCUT2D eigenvalue weighted by Gasteiger charge is -2.38. The number of nitrogens with zero attached hydrogens (tertiary/aromatic N) is 1. The van der Waals surface area contributed by atoms with Crippen molar-refractivity contribution in [1.29, 1.82) is 0 Å². The molecule has 0 saturated carbocycles. The second-order valence-corrected chi connectivity index (χ2v) is 9.60. The summed E-state index contributed by atoms with van der Waals surface area (Å²) in [7, 11) is 1.30. The number of nitrogens with one attached hydrogen (secondary N) is 1. The monoisotopic (exact) mass is 518 g/mol. The van der Waals surface area contributed by atoms with E-state index in [9.17, 15) is 14.7 Å². The zero-order valence-corrected chi connectivity index (χ0v) is 21.2. The van der Waals surface area contributed by atoms with Crippen molar-refractivity contribution in [3.8, 4) is 11.6 Å². The molecular formula is C29H27ClN2O5. The third kappa shape index (κ3) is 4.90. The van der Waals surface area contributed by atoms with Gasteiger partial charge in [0.2, 0.25) is 5.88 Å². The van der Waals surface area contributed by atoms with E-state index < -0.39 is 11.6 Å². The molecule has 1 fully saturated rings. The van der Waals surface area contributed by atoms with Crippen molar-refractivity contribution >= 4 is 28.9 Å². The highest BCUT2D eigenvalue weighted by Crippen LogP contribution is 2.46. The number of aromatic nitrogens is 1. The molecule has 37 heavy (non-hydrogen) atoms. The number of esters is 1. The lowest BCUT2D eigenvalue weighted by atomic mass is 9.76. The Morgan fingerprint density at radius 3 is 2.73 bits per heavy atom. The summed E-state index contributed by atoms with van der Waals surface area (Å²) in [5.74, 6) is 0.321. The Kier molecular flexibility index (Phi) is 7.11. The largest absolute Gasteiger partial charge is 0.469 e. The van der Waals surface area contributed by atoms with E-state index in [2.05, 4.69) is 10.3 Å². The minimum Gasteiger partial charge on any atom is -0.469 e. The van der Waals surface area contributed by atoms with Crippen LogP contribution in [0.4, 0.5) is 0 Å². The molecule has 1 saturated heterocycles. The zero-order valence-electron chi connectivity index (χ0n) is 20.4. The molecule has 0 aliphatic carbocycles. The summed E-state index contributed by atoms with van der Waals surface area (Å²) in [6.45, 7) is 1.09. The number of carbonyl (C=O) groups excluding carboxylic acids is 2. The Morgan fingerprint density at radius 1 is 1.14 bits per heavy atom. The van der Waals surface area contributed by atoms with Crippen LogP contribution in [0.1, 0.15) is 46.3 Å². The van der Waals surface area contributed by atoms with Crippen LogP contribution in [0.15, 0.2) is 66.4 Å². The lowest BCUT2D eigenvalue weighted by molar-refractivity contribution is -0.140. The molecule has 1 aromatic heterocycles. The minimum absolute atomic E-state index is 0.00414. The highest BCUT2D eigenvalue weighted by molar-refractivity contribution is 6.30. The van der Waals surface area contributed by atoms with Crippen molar-refractivity contribution in [3.05, 3.63) is 93.6 Å². The Labute approximate surface area is 220 Å². The van der Waals surface area contributed by atoms with E-state index in [4.69, 9.17) is 21.1 Å². The van der Waals surface area contributed by atoms with Gasteiger partial charge in [0.1, 0.15) is 11.4 Å². The van der Waals surface area contributed by atoms with Crippen LogP contribution in [0, 0.1) is 0 Å². The first-order chi connectivity index (χ1) is 17.9. The van der Waals surface area contributed by atoms with Gasteiger partial charge in [-0.2, -0.15) is 0 Å². The van der Waals surface area contributed by atoms with Crippen molar-refractivity contribution in [2.75, 3.05) is 20.2 Å². The Morgan fingerprint density at radius 2 is 1.95 bits per heavy atom. The quantitative estimate of drug-likeness (QED) is 0.368. The fourth-order valence-corrected chi connectivity index (χ4v) is 5.21. The number of ketones is 1. The fourth-order valence-electron chi connectivity index (χ4n) is 5.08. The molecule has 7 nitrogen and oxygen atoms in total. The summed E-state index contributed by atoms with van der Waals surface area (Å²) >= 11 is 6.14. The van der Waals surface area contributed by atoms with Crippen molar-refractivity contribution in [2.24, 2.45) is 0 Å². The van der Waals surface area contributed by atoms with E-state index in [1.54, 1.807) is 30.5 Å². The number of hydrogen-bond acceptors (Lipinski definition) is 7. The molecule has 190 valence electrons. The normalized spacial score (nSPS) is 20.7. The molecule has 0 bridgehead atoms. The number of benzene rings is 2. The SMILES string of the molecule is COC(=O)CCC(=O)c1cccc2c1CC(=C1CNCCC1(O)c1ccc(Cl)cc1)c1cccnc1O2. The summed E-state index contributed by atoms with van der Waals surface area (Å²) in [6, 6.07) is 16.3. The van der Waals surface area contributed by atoms with E-state index in [0.29, 0.717) is 53.7 Å². The topological polar surface area (TPSA) is 97.8 Å². The first-order valence-electron chi connectivity index (χ1n) is 12.2. The van der Waals surface area contributed by atoms with Crippen LogP contribution in [-0.2, 0) is 21.6 Å². The van der Waals surface area contributed by atoms with Gasteiger partial charge in [0.15, 0.2) is 5.78 Å². The maximum absolute atomic E-state index is 13.2. The smallest absolute Gasteiger partial charge is 0.305 e. The molecule has 3 aromatic rings. The number of Topliss-reactive ketones (excluding diaryl/α,β-unsaturated/α-hetero) is 1. The third-order valence-corrected chi connectivity index (χ3v) is 7.28. The van der Waals surface area contributed by atoms with Gasteiger partial charge in [-0.25, -0.2) is 4.98 Å². The summed E-state index contributed by atoms with van der Waals surface area (Å²) < 4.78 is 10.9. The molecule has 0 amide bonds. The average Bonchev–Trinajstić information content (AvgIpc) is 3.08. The van der Waals surface area contributed by atoms with Gasteiger partial charge >= 0.3 is 5.97 Å². The number of rotatable bonds is 5. The number of pyridine rings is 1. The number of ether oxygens (including phenoxy) is 2. The maximum Gasteiger partial charge on any atom is 0.305 e. The second kappa shape index (κ2) is 10.5. The minimum atomic E-state index is -1.24. The lowest BCUT2D eigenvalue weighted by Crippen LogP contribution is -2.43. The number of piperidine rings is 1. The molecule has 0 spiro atoms. The molecule has 5 rings (SSSR count). The van der Waals surface area contributed by atoms with Crippen molar-refractivity contribution in [2.45, 2.75) is 31.3 Å². The predicted octanol–water partition coefficient (Wildman–Crippen LogP) is 4.85. The molecule has 2 aromatic carbocycles. The van der Waals surface area contributed by atoms with Crippen LogP contribution in [-0.4, -0.2) is 42.0 Å². The molecule has 1 unspecified atom stereocenters. The van der Waals surface area contributed by atoms with Gasteiger partial charge in [-0.1, -0.05) is 35.9 Å². The maximum atomic E-state index is 13.2. The Bertz CT molecular complexity index is 1390. The van der Waals surface area contributed by atoms with Gasteiger partial charge < -0.3 is 19.9 Å². The molecule has 2 aliphatic heterocycles. The van der Waals surface area contributed by atoms with Gasteiger partial charge in [0.25, 0.3) is 0 Å². The van der Waals surface area contributed by atoms with Gasteiger partial charge in [0, 0.05) is 47.3 Å². The molecule has 8 heteroatoms. The van der Waals surface area contributed by atoms with Crippen LogP contribution in [0.3, 0.4) is 0 Å². The molecule has 0 radical (unpaired) electrons. The van der Waals surface area contributed by atoms with E-state index >= 15 is 0 Å². The predicted molar refractivity (Wildman–Crippen MR) is 140 cm³/mol. The molecular weight excluding hydrogens is 492 g/mol. The molecule has 3 heterocycles. The first kappa shape index (κ1) is 25.1. The Hall–Kier alpha value is -3.52. The number of allylic oxidation sites excluding steroid dienone is 1. The highest BCUT2D eigenvalue weighted by Gasteiger charge is 2.39. The van der Waals surface area contributed by atoms with Crippen molar-refractivity contribution < 1.29 is 24.2 Å². The number of methoxy groups -OCH3 is 1. The first-order valence-corrected chi connectivity index (χ1v) is 12.6. The van der Waals surface area contributed by atoms with Crippen LogP contribution in [0.5, 0.6) is 11.6 Å². The molecule has 2 aliphatic rings. The standard InChI is InChI=1S/C29H27ClN2O5/c1-36-27(34)12-11-25(33)20-4-2-6-26-23(20)16-22(21-5-3-14-32-28(21)37-26)24-17-31-15-13-29(24,35)18-7-9-19(30)10-8-18/h2-10,14,31,35H,11-13,15-17H2,1H3. The number of hydrogen-bond donors (Lipinski definition) is 2. The number of aliphatic hydroxyl groups is 1. The third-order valence-electron chi connectivity index (χ3n) is 7.02. The summed E-state index contributed by atoms with van der Waals surface area (Å²) in [6.07, 6.45) is 2.49. The van der Waals surface area contributed by atoms with Gasteiger partial charge in [0.05, 0.1) is 13.5 Å². The fraction of sp³-hybridized carbons (Fsp3) is 0.276. The van der Waals surface area contributed by atoms with Crippen LogP contribution in [0.25, 0.3) is 5.57 Å². The summed E-state index contributed by atoms with van der Waals surface area (Å²) in [4.78, 5) is 29.4. The van der Waals surface area contributed by atoms with Crippen molar-refractivity contribution in [3.63, 3.8) is 0 Å². The van der Waals surface area contributed by atoms with Crippen LogP contribution in [0.2, 0.25) is 5.02 Å². The van der Waals surface area contributed by atoms with E-state index in [-0.39, 0.29) is 18.6 Å². The summed E-state index contributed by atoms with van der Waals surface area (Å²) in [5.41, 5.74) is 3.08. The molecule has 1 atom stereocenters. The van der Waals surface area contributed by atoms with Crippen LogP contribution >= 0.6 is 11.6 Å². The molecule has 2 N–H and O–H groups in total. The zero-order chi connectivity index (χ0) is 26.0. The summed E-state index contributed by atoms with van der Waals surface area (Å²) in [5, 5.41) is 16.1. The number of fused-ring (bicyclic) bond motifs is 2. The number of carbonyl (C=O) groups is 2. The van der Waals surface area contributed by atoms with Gasteiger partial charge in [-0.3, -0.25) is 9.59 Å². The van der Waals surface area contributed by atoms with E-state index in [1.807, 2.05) is 30.3 Å². The van der Waals surface area contributed by atoms with Gasteiger partial charge in [-0.15, -0.1) is 0 Å². The second-order valence-electron chi connectivity index (χ2n) is 9.17. The Balaban J connectivity index is 1.66. The van der Waals surface area contributed by atoms with Gasteiger partial charge in [-0.05, 0) is 60.0 Å². The average molecular weight is 519 g/mol. The van der Waals surface area contributed by atoms with Crippen molar-refractivity contribution in [1.82, 2.24) is 10.3 Å². The highest BCUT2D eigenvalue weighted by atomic mass is 35.5. The van der Waals surface area contributed by atoms with E-state index in [1.165, 1.54) is 7.11 Å². The van der Waals surface area contributed by atoms with E-state index in [0.717, 1.165) is 22.3 Å². The van der Waals surface area contributed by atoms with Crippen LogP contribution < -0.4 is 10.1 Å². The number of halogens is 1.